The number of phenols is 2. The minimum atomic E-state index is -0.348. The topological polar surface area (TPSA) is 137 Å². The van der Waals surface area contributed by atoms with E-state index in [1.165, 1.54) is 6.07 Å². The van der Waals surface area contributed by atoms with Gasteiger partial charge in [-0.05, 0) is 55.7 Å². The first-order chi connectivity index (χ1) is 13.9. The Kier molecular flexibility index (Phi) is 8.14. The van der Waals surface area contributed by atoms with Crippen molar-refractivity contribution in [2.45, 2.75) is 32.6 Å². The lowest BCUT2D eigenvalue weighted by Gasteiger charge is -2.10. The number of carbonyl (C=O) groups excluding carboxylic acids is 1. The Labute approximate surface area is 169 Å². The normalized spacial score (nSPS) is 11.3. The van der Waals surface area contributed by atoms with Gasteiger partial charge in [0.25, 0.3) is 5.91 Å². The van der Waals surface area contributed by atoms with E-state index in [4.69, 9.17) is 15.7 Å². The zero-order valence-corrected chi connectivity index (χ0v) is 16.4. The molecule has 8 nitrogen and oxygen atoms in total. The van der Waals surface area contributed by atoms with Gasteiger partial charge < -0.3 is 31.2 Å². The van der Waals surface area contributed by atoms with E-state index in [0.717, 1.165) is 37.5 Å². The Hall–Kier alpha value is -3.42. The molecule has 0 saturated heterocycles. The molecule has 0 unspecified atom stereocenters. The third-order valence-corrected chi connectivity index (χ3v) is 4.41. The van der Waals surface area contributed by atoms with Crippen LogP contribution in [-0.4, -0.2) is 40.3 Å². The van der Waals surface area contributed by atoms with Crippen molar-refractivity contribution in [1.29, 1.82) is 0 Å². The number of ether oxygens (including phenoxy) is 1. The lowest BCUT2D eigenvalue weighted by atomic mass is 10.1. The van der Waals surface area contributed by atoms with E-state index in [-0.39, 0.29) is 28.8 Å². The van der Waals surface area contributed by atoms with Crippen LogP contribution in [0.2, 0.25) is 0 Å². The number of rotatable bonds is 10. The van der Waals surface area contributed by atoms with Gasteiger partial charge in [-0.15, -0.1) is 0 Å². The molecule has 156 valence electrons. The number of hydrogen-bond donors (Lipinski definition) is 5. The Morgan fingerprint density at radius 2 is 1.79 bits per heavy atom. The zero-order chi connectivity index (χ0) is 21.2. The van der Waals surface area contributed by atoms with E-state index in [9.17, 15) is 15.0 Å². The van der Waals surface area contributed by atoms with Crippen molar-refractivity contribution in [3.05, 3.63) is 53.1 Å². The molecule has 0 aliphatic carbocycles. The highest BCUT2D eigenvalue weighted by molar-refractivity contribution is 5.98. The van der Waals surface area contributed by atoms with E-state index in [1.54, 1.807) is 31.2 Å². The number of oxime groups is 1. The first kappa shape index (κ1) is 21.9. The summed E-state index contributed by atoms with van der Waals surface area (Å²) in [6.07, 6.45) is 3.60. The smallest absolute Gasteiger partial charge is 0.255 e. The van der Waals surface area contributed by atoms with E-state index in [1.807, 2.05) is 0 Å². The van der Waals surface area contributed by atoms with Gasteiger partial charge in [0.15, 0.2) is 5.84 Å². The molecule has 0 aliphatic heterocycles. The van der Waals surface area contributed by atoms with Gasteiger partial charge in [-0.3, -0.25) is 4.79 Å². The third kappa shape index (κ3) is 6.60. The predicted molar refractivity (Wildman–Crippen MR) is 110 cm³/mol. The number of nitrogens with two attached hydrogens (primary N) is 1. The summed E-state index contributed by atoms with van der Waals surface area (Å²) in [5.74, 6) is 0.128. The number of phenolic OH excluding ortho intramolecular Hbond substituents is 2. The van der Waals surface area contributed by atoms with E-state index < -0.39 is 0 Å². The maximum atomic E-state index is 12.2. The second-order valence-corrected chi connectivity index (χ2v) is 6.68. The number of amidine groups is 1. The Balaban J connectivity index is 1.60. The Bertz CT molecular complexity index is 827. The largest absolute Gasteiger partial charge is 0.508 e. The average Bonchev–Trinajstić information content (AvgIpc) is 2.69. The van der Waals surface area contributed by atoms with Crippen LogP contribution in [0.1, 0.15) is 47.2 Å². The first-order valence-corrected chi connectivity index (χ1v) is 9.44. The van der Waals surface area contributed by atoms with Gasteiger partial charge in [0.1, 0.15) is 17.2 Å². The fourth-order valence-corrected chi connectivity index (χ4v) is 2.89. The molecule has 0 aromatic heterocycles. The second-order valence-electron chi connectivity index (χ2n) is 6.68. The molecule has 2 aromatic rings. The second kappa shape index (κ2) is 10.8. The first-order valence-electron chi connectivity index (χ1n) is 9.44. The monoisotopic (exact) mass is 401 g/mol. The predicted octanol–water partition coefficient (Wildman–Crippen LogP) is 2.87. The molecule has 1 amide bonds. The minimum absolute atomic E-state index is 0.0550. The highest BCUT2D eigenvalue weighted by atomic mass is 16.5. The zero-order valence-electron chi connectivity index (χ0n) is 16.4. The van der Waals surface area contributed by atoms with Crippen molar-refractivity contribution in [2.75, 3.05) is 13.2 Å². The van der Waals surface area contributed by atoms with Crippen molar-refractivity contribution >= 4 is 11.7 Å². The number of carbonyl (C=O) groups is 1. The van der Waals surface area contributed by atoms with Crippen molar-refractivity contribution < 1.29 is 25.0 Å². The molecule has 0 heterocycles. The summed E-state index contributed by atoms with van der Waals surface area (Å²) in [5, 5.41) is 33.6. The Morgan fingerprint density at radius 1 is 1.10 bits per heavy atom. The minimum Gasteiger partial charge on any atom is -0.508 e. The maximum absolute atomic E-state index is 12.2. The summed E-state index contributed by atoms with van der Waals surface area (Å²) in [6.45, 7) is 2.75. The molecule has 6 N–H and O–H groups in total. The SMILES string of the molecule is Cc1cc(O)cc(O)c1C(=O)NCCCCCCOc1ccc(C(N)=NO)cc1. The lowest BCUT2D eigenvalue weighted by molar-refractivity contribution is 0.0949. The van der Waals surface area contributed by atoms with Gasteiger partial charge >= 0.3 is 0 Å². The van der Waals surface area contributed by atoms with Crippen LogP contribution in [0.15, 0.2) is 41.6 Å². The van der Waals surface area contributed by atoms with Gasteiger partial charge in [-0.2, -0.15) is 0 Å². The fraction of sp³-hybridized carbons (Fsp3) is 0.333. The van der Waals surface area contributed by atoms with Gasteiger partial charge in [0.2, 0.25) is 0 Å². The third-order valence-electron chi connectivity index (χ3n) is 4.41. The summed E-state index contributed by atoms with van der Waals surface area (Å²) in [7, 11) is 0. The summed E-state index contributed by atoms with van der Waals surface area (Å²) in [4.78, 5) is 12.2. The van der Waals surface area contributed by atoms with E-state index >= 15 is 0 Å². The van der Waals surface area contributed by atoms with Crippen molar-refractivity contribution in [3.8, 4) is 17.2 Å². The number of unbranched alkanes of at least 4 members (excludes halogenated alkanes) is 3. The van der Waals surface area contributed by atoms with Crippen LogP contribution in [0.25, 0.3) is 0 Å². The number of nitrogens with one attached hydrogen (secondary N) is 1. The average molecular weight is 401 g/mol. The molecule has 2 aromatic carbocycles. The molecule has 0 aliphatic rings. The van der Waals surface area contributed by atoms with Gasteiger partial charge in [0, 0.05) is 18.2 Å². The highest BCUT2D eigenvalue weighted by Gasteiger charge is 2.14. The molecule has 0 bridgehead atoms. The van der Waals surface area contributed by atoms with E-state index in [0.29, 0.717) is 24.3 Å². The summed E-state index contributed by atoms with van der Waals surface area (Å²) in [5.41, 5.74) is 6.84. The van der Waals surface area contributed by atoms with Crippen LogP contribution >= 0.6 is 0 Å². The molecule has 0 spiro atoms. The molecule has 0 fully saturated rings. The Morgan fingerprint density at radius 3 is 2.45 bits per heavy atom. The molecule has 0 saturated carbocycles. The molecule has 2 rings (SSSR count). The molecule has 8 heteroatoms. The van der Waals surface area contributed by atoms with Crippen LogP contribution in [0.3, 0.4) is 0 Å². The van der Waals surface area contributed by atoms with E-state index in [2.05, 4.69) is 10.5 Å². The lowest BCUT2D eigenvalue weighted by Crippen LogP contribution is -2.25. The quantitative estimate of drug-likeness (QED) is 0.136. The van der Waals surface area contributed by atoms with Crippen molar-refractivity contribution in [1.82, 2.24) is 5.32 Å². The molecular weight excluding hydrogens is 374 g/mol. The van der Waals surface area contributed by atoms with Crippen LogP contribution in [0.4, 0.5) is 0 Å². The molecule has 29 heavy (non-hydrogen) atoms. The number of nitrogens with zero attached hydrogens (tertiary/aromatic N) is 1. The fourth-order valence-electron chi connectivity index (χ4n) is 2.89. The standard InChI is InChI=1S/C21H27N3O5/c1-14-12-16(25)13-18(26)19(14)21(27)23-10-4-2-3-5-11-29-17-8-6-15(7-9-17)20(22)24-28/h6-9,12-13,25-26,28H,2-5,10-11H2,1H3,(H2,22,24)(H,23,27). The summed E-state index contributed by atoms with van der Waals surface area (Å²) >= 11 is 0. The maximum Gasteiger partial charge on any atom is 0.255 e. The van der Waals surface area contributed by atoms with Crippen molar-refractivity contribution in [2.24, 2.45) is 10.9 Å². The number of amides is 1. The number of aryl methyl sites for hydroxylation is 1. The molecule has 0 radical (unpaired) electrons. The summed E-state index contributed by atoms with van der Waals surface area (Å²) < 4.78 is 5.65. The van der Waals surface area contributed by atoms with Gasteiger partial charge in [0.05, 0.1) is 12.2 Å². The number of hydrogen-bond acceptors (Lipinski definition) is 6. The number of benzene rings is 2. The van der Waals surface area contributed by atoms with Crippen molar-refractivity contribution in [3.63, 3.8) is 0 Å². The number of aromatic hydroxyl groups is 2. The van der Waals surface area contributed by atoms with Crippen LogP contribution < -0.4 is 15.8 Å². The van der Waals surface area contributed by atoms with Gasteiger partial charge in [-0.1, -0.05) is 18.0 Å². The van der Waals surface area contributed by atoms with Gasteiger partial charge in [-0.25, -0.2) is 0 Å². The highest BCUT2D eigenvalue weighted by Crippen LogP contribution is 2.26. The summed E-state index contributed by atoms with van der Waals surface area (Å²) in [6, 6.07) is 9.58. The van der Waals surface area contributed by atoms with Crippen LogP contribution in [0, 0.1) is 6.92 Å². The molecular formula is C21H27N3O5. The van der Waals surface area contributed by atoms with Crippen LogP contribution in [-0.2, 0) is 0 Å². The molecule has 0 atom stereocenters. The van der Waals surface area contributed by atoms with Crippen LogP contribution in [0.5, 0.6) is 17.2 Å².